The number of amides is 2. The number of hydrogen-bond donors (Lipinski definition) is 0. The first-order chi connectivity index (χ1) is 11.6. The molecule has 2 aliphatic heterocycles. The van der Waals surface area contributed by atoms with Crippen molar-refractivity contribution in [2.45, 2.75) is 6.92 Å². The maximum absolute atomic E-state index is 12.6. The van der Waals surface area contributed by atoms with Crippen LogP contribution in [0.2, 0.25) is 0 Å². The molecule has 2 fully saturated rings. The zero-order chi connectivity index (χ0) is 16.7. The van der Waals surface area contributed by atoms with Crippen LogP contribution in [-0.2, 0) is 4.79 Å². The molecule has 0 radical (unpaired) electrons. The first kappa shape index (κ1) is 14.7. The van der Waals surface area contributed by atoms with Gasteiger partial charge in [0.2, 0.25) is 5.91 Å². The topological polar surface area (TPSA) is 92.2 Å². The van der Waals surface area contributed by atoms with E-state index in [4.69, 9.17) is 0 Å². The summed E-state index contributed by atoms with van der Waals surface area (Å²) in [5.74, 6) is -0.188. The van der Waals surface area contributed by atoms with E-state index >= 15 is 0 Å². The summed E-state index contributed by atoms with van der Waals surface area (Å²) in [4.78, 5) is 44.7. The predicted molar refractivity (Wildman–Crippen MR) is 84.0 cm³/mol. The van der Waals surface area contributed by atoms with Gasteiger partial charge < -0.3 is 9.80 Å². The fraction of sp³-hybridized carbons (Fsp3) is 0.375. The van der Waals surface area contributed by atoms with Gasteiger partial charge in [0, 0.05) is 31.7 Å². The molecule has 8 heteroatoms. The van der Waals surface area contributed by atoms with Crippen molar-refractivity contribution in [1.29, 1.82) is 0 Å². The summed E-state index contributed by atoms with van der Waals surface area (Å²) >= 11 is 0. The fourth-order valence-electron chi connectivity index (χ4n) is 3.35. The van der Waals surface area contributed by atoms with Gasteiger partial charge in [0.15, 0.2) is 0 Å². The van der Waals surface area contributed by atoms with Crippen LogP contribution < -0.4 is 4.90 Å². The smallest absolute Gasteiger partial charge is 0.274 e. The molecular weight excluding hydrogens is 308 g/mol. The quantitative estimate of drug-likeness (QED) is 0.789. The van der Waals surface area contributed by atoms with Crippen molar-refractivity contribution >= 4 is 17.5 Å². The van der Waals surface area contributed by atoms with Crippen LogP contribution in [0, 0.1) is 18.8 Å². The summed E-state index contributed by atoms with van der Waals surface area (Å²) < 4.78 is 0. The fourth-order valence-corrected chi connectivity index (χ4v) is 3.35. The molecule has 2 amide bonds. The van der Waals surface area contributed by atoms with E-state index in [-0.39, 0.29) is 23.7 Å². The van der Waals surface area contributed by atoms with Crippen molar-refractivity contribution in [3.05, 3.63) is 42.5 Å². The summed E-state index contributed by atoms with van der Waals surface area (Å²) in [6.45, 7) is 3.37. The Morgan fingerprint density at radius 2 is 1.88 bits per heavy atom. The molecule has 2 aliphatic rings. The second-order valence-corrected chi connectivity index (χ2v) is 6.17. The highest BCUT2D eigenvalue weighted by atomic mass is 16.2. The number of fused-ring (bicyclic) bond motifs is 1. The van der Waals surface area contributed by atoms with Gasteiger partial charge in [0.25, 0.3) is 5.91 Å². The van der Waals surface area contributed by atoms with Crippen molar-refractivity contribution in [3.8, 4) is 0 Å². The monoisotopic (exact) mass is 324 g/mol. The molecule has 4 heterocycles. The number of aryl methyl sites for hydroxylation is 1. The Morgan fingerprint density at radius 1 is 1.08 bits per heavy atom. The Hall–Kier alpha value is -2.90. The molecule has 122 valence electrons. The third-order valence-electron chi connectivity index (χ3n) is 4.59. The molecule has 0 bridgehead atoms. The molecule has 2 atom stereocenters. The SMILES string of the molecule is Cc1cnc(C(=O)N2C[C@@H]3CN(c4cncnc4)C(=O)[C@@H]3C2)cn1. The molecule has 4 rings (SSSR count). The summed E-state index contributed by atoms with van der Waals surface area (Å²) in [5, 5.41) is 0. The number of rotatable bonds is 2. The highest BCUT2D eigenvalue weighted by Crippen LogP contribution is 2.35. The summed E-state index contributed by atoms with van der Waals surface area (Å²) in [5.41, 5.74) is 1.79. The van der Waals surface area contributed by atoms with Crippen LogP contribution in [0.1, 0.15) is 16.2 Å². The molecule has 0 saturated carbocycles. The van der Waals surface area contributed by atoms with Crippen molar-refractivity contribution in [2.24, 2.45) is 11.8 Å². The van der Waals surface area contributed by atoms with E-state index in [1.54, 1.807) is 28.4 Å². The lowest BCUT2D eigenvalue weighted by Crippen LogP contribution is -2.36. The first-order valence-electron chi connectivity index (χ1n) is 7.78. The van der Waals surface area contributed by atoms with E-state index in [0.717, 1.165) is 5.69 Å². The molecule has 2 aromatic heterocycles. The minimum absolute atomic E-state index is 0.0279. The van der Waals surface area contributed by atoms with Crippen molar-refractivity contribution in [2.75, 3.05) is 24.5 Å². The van der Waals surface area contributed by atoms with Crippen molar-refractivity contribution in [3.63, 3.8) is 0 Å². The van der Waals surface area contributed by atoms with E-state index in [9.17, 15) is 9.59 Å². The minimum Gasteiger partial charge on any atom is -0.336 e. The Balaban J connectivity index is 1.48. The molecule has 0 N–H and O–H groups in total. The number of carbonyl (C=O) groups is 2. The first-order valence-corrected chi connectivity index (χ1v) is 7.78. The van der Waals surface area contributed by atoms with Gasteiger partial charge in [0.1, 0.15) is 12.0 Å². The van der Waals surface area contributed by atoms with Crippen molar-refractivity contribution < 1.29 is 9.59 Å². The van der Waals surface area contributed by atoms with Gasteiger partial charge in [0.05, 0.1) is 35.9 Å². The third-order valence-corrected chi connectivity index (χ3v) is 4.59. The van der Waals surface area contributed by atoms with E-state index < -0.39 is 0 Å². The Kier molecular flexibility index (Phi) is 3.44. The van der Waals surface area contributed by atoms with Gasteiger partial charge in [-0.25, -0.2) is 15.0 Å². The molecule has 0 aromatic carbocycles. The highest BCUT2D eigenvalue weighted by molar-refractivity contribution is 5.99. The molecule has 2 saturated heterocycles. The lowest BCUT2D eigenvalue weighted by Gasteiger charge is -2.21. The average molecular weight is 324 g/mol. The molecule has 24 heavy (non-hydrogen) atoms. The van der Waals surface area contributed by atoms with E-state index in [1.807, 2.05) is 6.92 Å². The molecular formula is C16H16N6O2. The number of nitrogens with zero attached hydrogens (tertiary/aromatic N) is 6. The van der Waals surface area contributed by atoms with Crippen LogP contribution in [0.3, 0.4) is 0 Å². The Labute approximate surface area is 138 Å². The maximum atomic E-state index is 12.6. The summed E-state index contributed by atoms with van der Waals surface area (Å²) in [6, 6.07) is 0. The molecule has 8 nitrogen and oxygen atoms in total. The molecule has 0 unspecified atom stereocenters. The number of anilines is 1. The van der Waals surface area contributed by atoms with Crippen LogP contribution in [0.15, 0.2) is 31.1 Å². The number of likely N-dealkylation sites (tertiary alicyclic amines) is 1. The van der Waals surface area contributed by atoms with Crippen LogP contribution in [0.4, 0.5) is 5.69 Å². The predicted octanol–water partition coefficient (Wildman–Crippen LogP) is 0.310. The normalized spacial score (nSPS) is 22.8. The van der Waals surface area contributed by atoms with E-state index in [2.05, 4.69) is 19.9 Å². The average Bonchev–Trinajstić information content (AvgIpc) is 3.15. The second kappa shape index (κ2) is 5.63. The Morgan fingerprint density at radius 3 is 2.54 bits per heavy atom. The summed E-state index contributed by atoms with van der Waals surface area (Å²) in [6.07, 6.45) is 7.77. The van der Waals surface area contributed by atoms with Gasteiger partial charge in [-0.05, 0) is 6.92 Å². The van der Waals surface area contributed by atoms with Crippen LogP contribution >= 0.6 is 0 Å². The number of carbonyl (C=O) groups excluding carboxylic acids is 2. The number of aromatic nitrogens is 4. The Bertz CT molecular complexity index is 779. The van der Waals surface area contributed by atoms with Crippen LogP contribution in [0.5, 0.6) is 0 Å². The zero-order valence-electron chi connectivity index (χ0n) is 13.2. The second-order valence-electron chi connectivity index (χ2n) is 6.17. The zero-order valence-corrected chi connectivity index (χ0v) is 13.2. The lowest BCUT2D eigenvalue weighted by atomic mass is 10.0. The van der Waals surface area contributed by atoms with Gasteiger partial charge in [-0.3, -0.25) is 14.6 Å². The summed E-state index contributed by atoms with van der Waals surface area (Å²) in [7, 11) is 0. The van der Waals surface area contributed by atoms with Gasteiger partial charge in [-0.15, -0.1) is 0 Å². The molecule has 0 spiro atoms. The van der Waals surface area contributed by atoms with Gasteiger partial charge >= 0.3 is 0 Å². The molecule has 2 aromatic rings. The van der Waals surface area contributed by atoms with Crippen molar-refractivity contribution in [1.82, 2.24) is 24.8 Å². The van der Waals surface area contributed by atoms with E-state index in [0.29, 0.717) is 31.0 Å². The molecule has 0 aliphatic carbocycles. The largest absolute Gasteiger partial charge is 0.336 e. The standard InChI is InChI=1S/C16H16N6O2/c1-10-2-20-14(5-19-10)16(24)21-6-11-7-22(15(23)13(11)8-21)12-3-17-9-18-4-12/h2-5,9,11,13H,6-8H2,1H3/t11-,13-/m1/s1. The van der Waals surface area contributed by atoms with Gasteiger partial charge in [-0.2, -0.15) is 0 Å². The lowest BCUT2D eigenvalue weighted by molar-refractivity contribution is -0.120. The number of hydrogen-bond acceptors (Lipinski definition) is 6. The maximum Gasteiger partial charge on any atom is 0.274 e. The van der Waals surface area contributed by atoms with Gasteiger partial charge in [-0.1, -0.05) is 0 Å². The van der Waals surface area contributed by atoms with Crippen LogP contribution in [0.25, 0.3) is 0 Å². The minimum atomic E-state index is -0.174. The van der Waals surface area contributed by atoms with E-state index in [1.165, 1.54) is 12.5 Å². The highest BCUT2D eigenvalue weighted by Gasteiger charge is 2.48. The third kappa shape index (κ3) is 2.40. The van der Waals surface area contributed by atoms with Crippen LogP contribution in [-0.4, -0.2) is 56.3 Å².